The predicted molar refractivity (Wildman–Crippen MR) is 107 cm³/mol. The molecule has 1 amide bonds. The number of aromatic carboxylic acids is 1. The van der Waals surface area contributed by atoms with E-state index in [1.807, 2.05) is 30.3 Å². The number of amidine groups is 1. The van der Waals surface area contributed by atoms with Gasteiger partial charge in [-0.3, -0.25) is 9.69 Å². The molecule has 2 aromatic rings. The van der Waals surface area contributed by atoms with Gasteiger partial charge in [-0.2, -0.15) is 0 Å². The third kappa shape index (κ3) is 4.22. The van der Waals surface area contributed by atoms with Crippen molar-refractivity contribution in [2.75, 3.05) is 0 Å². The summed E-state index contributed by atoms with van der Waals surface area (Å²) in [6.07, 6.45) is 2.05. The number of rotatable bonds is 7. The van der Waals surface area contributed by atoms with Crippen LogP contribution < -0.4 is 0 Å². The van der Waals surface area contributed by atoms with Crippen LogP contribution in [0.1, 0.15) is 49.0 Å². The Morgan fingerprint density at radius 3 is 2.57 bits per heavy atom. The van der Waals surface area contributed by atoms with Crippen LogP contribution in [0.2, 0.25) is 0 Å². The molecule has 0 bridgehead atoms. The maximum Gasteiger partial charge on any atom is 0.336 e. The van der Waals surface area contributed by atoms with E-state index >= 15 is 0 Å². The molecule has 6 heteroatoms. The van der Waals surface area contributed by atoms with Gasteiger partial charge in [-0.15, -0.1) is 0 Å². The van der Waals surface area contributed by atoms with Gasteiger partial charge in [-0.25, -0.2) is 4.79 Å². The van der Waals surface area contributed by atoms with Gasteiger partial charge in [0.1, 0.15) is 0 Å². The van der Waals surface area contributed by atoms with Crippen LogP contribution in [-0.4, -0.2) is 33.8 Å². The molecule has 0 spiro atoms. The average Bonchev–Trinajstić information content (AvgIpc) is 2.71. The second-order valence-electron chi connectivity index (χ2n) is 6.83. The quantitative estimate of drug-likeness (QED) is 0.777. The van der Waals surface area contributed by atoms with Crippen LogP contribution in [0.25, 0.3) is 11.1 Å². The van der Waals surface area contributed by atoms with Crippen molar-refractivity contribution >= 4 is 17.7 Å². The van der Waals surface area contributed by atoms with Gasteiger partial charge in [0, 0.05) is 6.42 Å². The fraction of sp³-hybridized carbons (Fsp3) is 0.318. The van der Waals surface area contributed by atoms with E-state index in [2.05, 4.69) is 12.1 Å². The SMILES string of the molecule is CCCCC1=NOC(C)C(=O)N1Cc1ccc(-c2ccccc2C(=O)O)cc1. The summed E-state index contributed by atoms with van der Waals surface area (Å²) in [5.41, 5.74) is 2.70. The molecule has 146 valence electrons. The van der Waals surface area contributed by atoms with Gasteiger partial charge in [0.05, 0.1) is 12.1 Å². The molecule has 0 fully saturated rings. The van der Waals surface area contributed by atoms with E-state index in [-0.39, 0.29) is 11.5 Å². The zero-order valence-corrected chi connectivity index (χ0v) is 16.1. The van der Waals surface area contributed by atoms with Crippen LogP contribution in [0.5, 0.6) is 0 Å². The molecule has 1 aliphatic heterocycles. The molecule has 1 N–H and O–H groups in total. The topological polar surface area (TPSA) is 79.2 Å². The molecule has 6 nitrogen and oxygen atoms in total. The molecule has 0 saturated heterocycles. The third-order valence-corrected chi connectivity index (χ3v) is 4.76. The van der Waals surface area contributed by atoms with Gasteiger partial charge in [0.15, 0.2) is 5.84 Å². The molecule has 1 aliphatic rings. The molecule has 2 aromatic carbocycles. The van der Waals surface area contributed by atoms with Crippen molar-refractivity contribution in [1.29, 1.82) is 0 Å². The molecule has 1 heterocycles. The van der Waals surface area contributed by atoms with E-state index in [1.54, 1.807) is 30.0 Å². The molecule has 0 aliphatic carbocycles. The highest BCUT2D eigenvalue weighted by atomic mass is 16.6. The van der Waals surface area contributed by atoms with Crippen LogP contribution in [0.15, 0.2) is 53.7 Å². The van der Waals surface area contributed by atoms with Crippen molar-refractivity contribution in [2.24, 2.45) is 5.16 Å². The summed E-state index contributed by atoms with van der Waals surface area (Å²) in [4.78, 5) is 30.9. The van der Waals surface area contributed by atoms with Crippen LogP contribution in [0.4, 0.5) is 0 Å². The highest BCUT2D eigenvalue weighted by Gasteiger charge is 2.30. The standard InChI is InChI=1S/C22H24N2O4/c1-3-4-9-20-23-28-15(2)21(25)24(20)14-16-10-12-17(13-11-16)18-7-5-6-8-19(18)22(26)27/h5-8,10-13,15H,3-4,9,14H2,1-2H3,(H,26,27). The number of carbonyl (C=O) groups excluding carboxylic acids is 1. The first-order valence-electron chi connectivity index (χ1n) is 9.47. The number of amides is 1. The Hall–Kier alpha value is -3.15. The lowest BCUT2D eigenvalue weighted by Crippen LogP contribution is -2.45. The zero-order valence-electron chi connectivity index (χ0n) is 16.1. The molecule has 3 rings (SSSR count). The molecule has 1 unspecified atom stereocenters. The lowest BCUT2D eigenvalue weighted by Gasteiger charge is -2.30. The minimum Gasteiger partial charge on any atom is -0.478 e. The van der Waals surface area contributed by atoms with E-state index in [0.29, 0.717) is 24.4 Å². The molecular weight excluding hydrogens is 356 g/mol. The number of carbonyl (C=O) groups is 2. The molecule has 0 radical (unpaired) electrons. The number of carboxylic acid groups (broad SMARTS) is 1. The molecule has 1 atom stereocenters. The van der Waals surface area contributed by atoms with Crippen LogP contribution >= 0.6 is 0 Å². The molecule has 0 aromatic heterocycles. The number of unbranched alkanes of at least 4 members (excludes halogenated alkanes) is 1. The van der Waals surface area contributed by atoms with E-state index in [4.69, 9.17) is 4.84 Å². The number of benzene rings is 2. The van der Waals surface area contributed by atoms with Crippen LogP contribution in [-0.2, 0) is 16.2 Å². The van der Waals surface area contributed by atoms with Gasteiger partial charge in [-0.05, 0) is 36.1 Å². The lowest BCUT2D eigenvalue weighted by molar-refractivity contribution is -0.142. The normalized spacial score (nSPS) is 16.5. The molecule has 0 saturated carbocycles. The minimum absolute atomic E-state index is 0.0959. The lowest BCUT2D eigenvalue weighted by atomic mass is 9.98. The average molecular weight is 380 g/mol. The van der Waals surface area contributed by atoms with Crippen molar-refractivity contribution in [2.45, 2.75) is 45.8 Å². The monoisotopic (exact) mass is 380 g/mol. The van der Waals surface area contributed by atoms with Crippen molar-refractivity contribution in [3.8, 4) is 11.1 Å². The summed E-state index contributed by atoms with van der Waals surface area (Å²) < 4.78 is 0. The smallest absolute Gasteiger partial charge is 0.336 e. The van der Waals surface area contributed by atoms with Crippen molar-refractivity contribution in [1.82, 2.24) is 4.90 Å². The fourth-order valence-corrected chi connectivity index (χ4v) is 3.16. The van der Waals surface area contributed by atoms with Gasteiger partial charge in [0.25, 0.3) is 5.91 Å². The summed E-state index contributed by atoms with van der Waals surface area (Å²) in [6.45, 7) is 4.20. The first-order valence-corrected chi connectivity index (χ1v) is 9.47. The second kappa shape index (κ2) is 8.69. The minimum atomic E-state index is -0.954. The number of hydrogen-bond donors (Lipinski definition) is 1. The molecule has 28 heavy (non-hydrogen) atoms. The predicted octanol–water partition coefficient (Wildman–Crippen LogP) is 4.30. The Morgan fingerprint density at radius 2 is 1.89 bits per heavy atom. The summed E-state index contributed by atoms with van der Waals surface area (Å²) in [7, 11) is 0. The highest BCUT2D eigenvalue weighted by Crippen LogP contribution is 2.25. The fourth-order valence-electron chi connectivity index (χ4n) is 3.16. The Bertz CT molecular complexity index is 890. The maximum absolute atomic E-state index is 12.6. The Balaban J connectivity index is 1.82. The largest absolute Gasteiger partial charge is 0.478 e. The van der Waals surface area contributed by atoms with E-state index < -0.39 is 12.1 Å². The Labute approximate surface area is 164 Å². The summed E-state index contributed by atoms with van der Waals surface area (Å²) in [6, 6.07) is 14.5. The van der Waals surface area contributed by atoms with Gasteiger partial charge in [-0.1, -0.05) is 61.0 Å². The van der Waals surface area contributed by atoms with Gasteiger partial charge in [0.2, 0.25) is 6.10 Å². The maximum atomic E-state index is 12.6. The van der Waals surface area contributed by atoms with Crippen LogP contribution in [0, 0.1) is 0 Å². The van der Waals surface area contributed by atoms with Crippen molar-refractivity contribution in [3.63, 3.8) is 0 Å². The van der Waals surface area contributed by atoms with Gasteiger partial charge < -0.3 is 9.94 Å². The van der Waals surface area contributed by atoms with Crippen LogP contribution in [0.3, 0.4) is 0 Å². The number of oxime groups is 1. The highest BCUT2D eigenvalue weighted by molar-refractivity contribution is 6.01. The van der Waals surface area contributed by atoms with Crippen molar-refractivity contribution in [3.05, 3.63) is 59.7 Å². The summed E-state index contributed by atoms with van der Waals surface area (Å²) in [5.74, 6) is -0.393. The van der Waals surface area contributed by atoms with E-state index in [0.717, 1.165) is 24.0 Å². The summed E-state index contributed by atoms with van der Waals surface area (Å²) in [5, 5.41) is 13.5. The molecular formula is C22H24N2O4. The number of carboxylic acids is 1. The Morgan fingerprint density at radius 1 is 1.18 bits per heavy atom. The third-order valence-electron chi connectivity index (χ3n) is 4.76. The number of nitrogens with zero attached hydrogens (tertiary/aromatic N) is 2. The second-order valence-corrected chi connectivity index (χ2v) is 6.83. The van der Waals surface area contributed by atoms with E-state index in [1.165, 1.54) is 0 Å². The van der Waals surface area contributed by atoms with E-state index in [9.17, 15) is 14.7 Å². The number of hydrogen-bond acceptors (Lipinski definition) is 4. The zero-order chi connectivity index (χ0) is 20.1. The Kier molecular flexibility index (Phi) is 6.09. The first kappa shape index (κ1) is 19.6. The summed E-state index contributed by atoms with van der Waals surface area (Å²) >= 11 is 0. The van der Waals surface area contributed by atoms with Gasteiger partial charge >= 0.3 is 5.97 Å². The first-order chi connectivity index (χ1) is 13.5. The van der Waals surface area contributed by atoms with Crippen molar-refractivity contribution < 1.29 is 19.5 Å².